The van der Waals surface area contributed by atoms with Crippen molar-refractivity contribution in [2.45, 2.75) is 25.0 Å². The molecule has 0 unspecified atom stereocenters. The number of hydrogen-bond donors (Lipinski definition) is 2. The molecule has 3 N–H and O–H groups in total. The van der Waals surface area contributed by atoms with Crippen LogP contribution in [0.1, 0.15) is 28.5 Å². The summed E-state index contributed by atoms with van der Waals surface area (Å²) in [6.45, 7) is 0.463. The van der Waals surface area contributed by atoms with Crippen LogP contribution in [0.5, 0.6) is 5.75 Å². The third-order valence-electron chi connectivity index (χ3n) is 5.47. The van der Waals surface area contributed by atoms with Crippen LogP contribution in [-0.4, -0.2) is 29.9 Å². The number of halogens is 7. The highest BCUT2D eigenvalue weighted by Gasteiger charge is 2.34. The Bertz CT molecular complexity index is 1220. The van der Waals surface area contributed by atoms with Crippen LogP contribution in [0.4, 0.5) is 26.3 Å². The Morgan fingerprint density at radius 2 is 1.69 bits per heavy atom. The van der Waals surface area contributed by atoms with Gasteiger partial charge in [0.2, 0.25) is 0 Å². The predicted octanol–water partition coefficient (Wildman–Crippen LogP) is 5.79. The first-order valence-electron chi connectivity index (χ1n) is 10.3. The van der Waals surface area contributed by atoms with E-state index in [2.05, 4.69) is 10.1 Å². The van der Waals surface area contributed by atoms with Gasteiger partial charge in [-0.25, -0.2) is 0 Å². The summed E-state index contributed by atoms with van der Waals surface area (Å²) in [6, 6.07) is 10.8. The number of nitrogens with one attached hydrogen (secondary N) is 1. The predicted molar refractivity (Wildman–Crippen MR) is 119 cm³/mol. The molecule has 0 radical (unpaired) electrons. The van der Waals surface area contributed by atoms with E-state index in [0.29, 0.717) is 12.0 Å². The van der Waals surface area contributed by atoms with Crippen molar-refractivity contribution in [3.8, 4) is 28.1 Å². The van der Waals surface area contributed by atoms with Gasteiger partial charge in [0.25, 0.3) is 5.91 Å². The van der Waals surface area contributed by atoms with Gasteiger partial charge in [0.05, 0.1) is 17.3 Å². The Hall–Kier alpha value is -3.18. The molecule has 1 aliphatic rings. The monoisotopic (exact) mass is 519 g/mol. The highest BCUT2D eigenvalue weighted by Crippen LogP contribution is 2.42. The first-order valence-corrected chi connectivity index (χ1v) is 10.3. The number of nitrogens with zero attached hydrogens (tertiary/aromatic N) is 1. The quantitative estimate of drug-likeness (QED) is 0.419. The summed E-state index contributed by atoms with van der Waals surface area (Å²) in [5.41, 5.74) is 5.98. The van der Waals surface area contributed by atoms with Gasteiger partial charge in [0.15, 0.2) is 0 Å². The van der Waals surface area contributed by atoms with Crippen LogP contribution in [0.15, 0.2) is 54.6 Å². The Morgan fingerprint density at radius 3 is 2.34 bits per heavy atom. The van der Waals surface area contributed by atoms with Crippen LogP contribution in [-0.2, 0) is 6.18 Å². The molecule has 3 aromatic rings. The van der Waals surface area contributed by atoms with E-state index in [9.17, 15) is 31.1 Å². The molecule has 1 aliphatic heterocycles. The zero-order chi connectivity index (χ0) is 24.7. The van der Waals surface area contributed by atoms with Crippen LogP contribution in [0.3, 0.4) is 0 Å². The zero-order valence-corrected chi connectivity index (χ0v) is 18.7. The van der Waals surface area contributed by atoms with Gasteiger partial charge in [-0.05, 0) is 54.4 Å². The molecule has 1 amide bonds. The molecule has 0 spiro atoms. The number of hydrogen-bond acceptors (Lipinski definition) is 3. The summed E-state index contributed by atoms with van der Waals surface area (Å²) in [6.07, 6.45) is -9.11. The number of amides is 1. The number of benzene rings is 2. The topological polar surface area (TPSA) is 69.3 Å². The van der Waals surface area contributed by atoms with E-state index < -0.39 is 29.8 Å². The molecule has 12 heteroatoms. The number of carbonyl (C=O) groups is 1. The molecule has 1 atom stereocenters. The maximum atomic E-state index is 13.4. The van der Waals surface area contributed by atoms with Crippen LogP contribution >= 0.6 is 12.4 Å². The van der Waals surface area contributed by atoms with Crippen LogP contribution in [0.2, 0.25) is 0 Å². The molecular weight excluding hydrogens is 500 g/mol. The fourth-order valence-electron chi connectivity index (χ4n) is 4.11. The smallest absolute Gasteiger partial charge is 0.406 e. The standard InChI is InChI=1S/C23H19F6N3O2.ClH/c24-22(25,26)15-5-1-4-14(9-15)20-18(13-3-2-6-17(10-13)34-23(27,28)29)11-19-21(33)31-12-16(7-8-30)32(19)20;/h1-6,9-11,16H,7-8,12,30H2,(H,31,33);1H/t16-;/m0./s1. The van der Waals surface area contributed by atoms with Crippen molar-refractivity contribution >= 4 is 18.3 Å². The molecule has 4 rings (SSSR count). The number of carbonyl (C=O) groups excluding carboxylic acids is 1. The molecule has 0 bridgehead atoms. The van der Waals surface area contributed by atoms with Crippen molar-refractivity contribution in [2.24, 2.45) is 5.73 Å². The molecule has 0 fully saturated rings. The lowest BCUT2D eigenvalue weighted by Crippen LogP contribution is -2.39. The van der Waals surface area contributed by atoms with E-state index in [1.54, 1.807) is 4.57 Å². The SMILES string of the molecule is Cl.NCC[C@H]1CNC(=O)c2cc(-c3cccc(OC(F)(F)F)c3)c(-c3cccc(C(F)(F)F)c3)n21. The van der Waals surface area contributed by atoms with E-state index in [4.69, 9.17) is 5.73 Å². The number of alkyl halides is 6. The number of fused-ring (bicyclic) bond motifs is 1. The number of nitrogens with two attached hydrogens (primary N) is 1. The Labute approximate surface area is 202 Å². The highest BCUT2D eigenvalue weighted by atomic mass is 35.5. The second kappa shape index (κ2) is 9.82. The second-order valence-corrected chi connectivity index (χ2v) is 7.76. The van der Waals surface area contributed by atoms with Crippen molar-refractivity contribution in [2.75, 3.05) is 13.1 Å². The van der Waals surface area contributed by atoms with Gasteiger partial charge in [-0.3, -0.25) is 4.79 Å². The average molecular weight is 520 g/mol. The molecule has 188 valence electrons. The van der Waals surface area contributed by atoms with Crippen molar-refractivity contribution in [3.63, 3.8) is 0 Å². The van der Waals surface area contributed by atoms with Crippen LogP contribution in [0, 0.1) is 0 Å². The molecule has 1 aromatic heterocycles. The lowest BCUT2D eigenvalue weighted by atomic mass is 9.99. The molecule has 0 aliphatic carbocycles. The maximum Gasteiger partial charge on any atom is 0.573 e. The number of ether oxygens (including phenoxy) is 1. The Morgan fingerprint density at radius 1 is 1.00 bits per heavy atom. The largest absolute Gasteiger partial charge is 0.573 e. The fourth-order valence-corrected chi connectivity index (χ4v) is 4.11. The first-order chi connectivity index (χ1) is 16.0. The van der Waals surface area contributed by atoms with Crippen molar-refractivity contribution in [1.29, 1.82) is 0 Å². The molecule has 2 heterocycles. The van der Waals surface area contributed by atoms with Crippen molar-refractivity contribution in [3.05, 3.63) is 65.9 Å². The van der Waals surface area contributed by atoms with E-state index in [0.717, 1.165) is 24.3 Å². The van der Waals surface area contributed by atoms with Gasteiger partial charge >= 0.3 is 12.5 Å². The third-order valence-corrected chi connectivity index (χ3v) is 5.47. The van der Waals surface area contributed by atoms with Gasteiger partial charge in [0, 0.05) is 12.1 Å². The average Bonchev–Trinajstić information content (AvgIpc) is 3.16. The molecule has 0 saturated carbocycles. The number of aromatic nitrogens is 1. The van der Waals surface area contributed by atoms with Crippen LogP contribution in [0.25, 0.3) is 22.4 Å². The van der Waals surface area contributed by atoms with Crippen LogP contribution < -0.4 is 15.8 Å². The van der Waals surface area contributed by atoms with Crippen molar-refractivity contribution in [1.82, 2.24) is 9.88 Å². The Balaban J connectivity index is 0.00000342. The minimum atomic E-state index is -4.92. The van der Waals surface area contributed by atoms with E-state index >= 15 is 0 Å². The normalized spacial score (nSPS) is 15.7. The lowest BCUT2D eigenvalue weighted by Gasteiger charge is -2.28. The van der Waals surface area contributed by atoms with Gasteiger partial charge in [0.1, 0.15) is 11.4 Å². The van der Waals surface area contributed by atoms with E-state index in [1.165, 1.54) is 30.3 Å². The lowest BCUT2D eigenvalue weighted by molar-refractivity contribution is -0.274. The summed E-state index contributed by atoms with van der Waals surface area (Å²) in [5.74, 6) is -0.942. The zero-order valence-electron chi connectivity index (χ0n) is 17.9. The number of rotatable bonds is 5. The summed E-state index contributed by atoms with van der Waals surface area (Å²) >= 11 is 0. The minimum absolute atomic E-state index is 0. The third kappa shape index (κ3) is 5.57. The first kappa shape index (κ1) is 26.4. The van der Waals surface area contributed by atoms with E-state index in [-0.39, 0.29) is 54.1 Å². The summed E-state index contributed by atoms with van der Waals surface area (Å²) < 4.78 is 84.2. The fraction of sp³-hybridized carbons (Fsp3) is 0.261. The van der Waals surface area contributed by atoms with Gasteiger partial charge in [-0.1, -0.05) is 24.3 Å². The molecule has 5 nitrogen and oxygen atoms in total. The van der Waals surface area contributed by atoms with Crippen molar-refractivity contribution < 1.29 is 35.9 Å². The van der Waals surface area contributed by atoms with E-state index in [1.807, 2.05) is 0 Å². The maximum absolute atomic E-state index is 13.4. The summed E-state index contributed by atoms with van der Waals surface area (Å²) in [7, 11) is 0. The highest BCUT2D eigenvalue weighted by molar-refractivity contribution is 5.98. The summed E-state index contributed by atoms with van der Waals surface area (Å²) in [4.78, 5) is 12.6. The second-order valence-electron chi connectivity index (χ2n) is 7.76. The molecule has 35 heavy (non-hydrogen) atoms. The molecule has 2 aromatic carbocycles. The molecule has 0 saturated heterocycles. The van der Waals surface area contributed by atoms with Gasteiger partial charge in [-0.2, -0.15) is 13.2 Å². The van der Waals surface area contributed by atoms with Gasteiger partial charge < -0.3 is 20.4 Å². The molecular formula is C23H20ClF6N3O2. The minimum Gasteiger partial charge on any atom is -0.406 e. The Kier molecular flexibility index (Phi) is 7.42. The summed E-state index contributed by atoms with van der Waals surface area (Å²) in [5, 5.41) is 2.73. The van der Waals surface area contributed by atoms with Gasteiger partial charge in [-0.15, -0.1) is 25.6 Å².